The lowest BCUT2D eigenvalue weighted by Crippen LogP contribution is -2.36. The molecule has 0 radical (unpaired) electrons. The van der Waals surface area contributed by atoms with E-state index in [-0.39, 0.29) is 35.7 Å². The first-order chi connectivity index (χ1) is 38.6. The number of amides is 2. The zero-order chi connectivity index (χ0) is 58.1. The van der Waals surface area contributed by atoms with Crippen molar-refractivity contribution in [3.05, 3.63) is 161 Å². The van der Waals surface area contributed by atoms with E-state index in [1.165, 1.54) is 23.9 Å². The summed E-state index contributed by atoms with van der Waals surface area (Å²) in [6.45, 7) is 2.75. The minimum Gasteiger partial charge on any atom is -0.481 e. The van der Waals surface area contributed by atoms with Crippen molar-refractivity contribution < 1.29 is 59.7 Å². The van der Waals surface area contributed by atoms with Crippen molar-refractivity contribution in [2.45, 2.75) is 64.4 Å². The molecule has 8 rings (SSSR count). The second-order valence-corrected chi connectivity index (χ2v) is 25.2. The number of piperidine rings is 2. The molecule has 2 saturated heterocycles. The molecule has 0 bridgehead atoms. The maximum absolute atomic E-state index is 14.2. The molecule has 2 atom stereocenters. The highest BCUT2D eigenvalue weighted by atomic mass is 35.5. The van der Waals surface area contributed by atoms with Crippen LogP contribution in [0.2, 0.25) is 5.02 Å². The lowest BCUT2D eigenvalue weighted by molar-refractivity contribution is -0.142. The molecule has 0 saturated carbocycles. The van der Waals surface area contributed by atoms with E-state index < -0.39 is 64.9 Å². The van der Waals surface area contributed by atoms with Crippen molar-refractivity contribution in [2.24, 2.45) is 11.8 Å². The van der Waals surface area contributed by atoms with E-state index in [4.69, 9.17) is 11.6 Å². The Hall–Kier alpha value is -6.66. The van der Waals surface area contributed by atoms with E-state index in [1.807, 2.05) is 64.2 Å². The number of hydrogen-bond acceptors (Lipinski definition) is 14. The van der Waals surface area contributed by atoms with Crippen LogP contribution in [0.25, 0.3) is 11.1 Å². The van der Waals surface area contributed by atoms with Gasteiger partial charge >= 0.3 is 11.5 Å². The van der Waals surface area contributed by atoms with E-state index in [0.29, 0.717) is 105 Å². The topological polar surface area (TPSA) is 226 Å². The third-order valence-electron chi connectivity index (χ3n) is 14.6. The Morgan fingerprint density at radius 1 is 0.753 bits per heavy atom. The maximum atomic E-state index is 14.2. The van der Waals surface area contributed by atoms with Crippen LogP contribution in [0.15, 0.2) is 154 Å². The van der Waals surface area contributed by atoms with Gasteiger partial charge in [-0.1, -0.05) is 48.0 Å². The van der Waals surface area contributed by atoms with Crippen LogP contribution in [0.5, 0.6) is 0 Å². The lowest BCUT2D eigenvalue weighted by atomic mass is 9.83. The monoisotopic (exact) mass is 1190 g/mol. The number of anilines is 4. The van der Waals surface area contributed by atoms with E-state index in [0.717, 1.165) is 33.8 Å². The average Bonchev–Trinajstić information content (AvgIpc) is 3.51. The highest BCUT2D eigenvalue weighted by molar-refractivity contribution is 7.99. The van der Waals surface area contributed by atoms with E-state index >= 15 is 0 Å². The van der Waals surface area contributed by atoms with Crippen molar-refractivity contribution in [2.75, 3.05) is 79.1 Å². The minimum atomic E-state index is -6.14. The fourth-order valence-corrected chi connectivity index (χ4v) is 13.0. The molecule has 0 spiro atoms. The zero-order valence-electron chi connectivity index (χ0n) is 44.1. The maximum Gasteiger partial charge on any atom is 0.501 e. The number of nitrogens with one attached hydrogen (secondary N) is 3. The van der Waals surface area contributed by atoms with Gasteiger partial charge in [-0.05, 0) is 171 Å². The van der Waals surface area contributed by atoms with Gasteiger partial charge in [-0.15, -0.1) is 11.8 Å². The number of aliphatic carboxylic acids is 1. The summed E-state index contributed by atoms with van der Waals surface area (Å²) in [6, 6.07) is 36.5. The van der Waals surface area contributed by atoms with Crippen LogP contribution in [0.1, 0.15) is 64.5 Å². The molecule has 2 unspecified atom stereocenters. The molecule has 6 aromatic carbocycles. The molecule has 2 aliphatic heterocycles. The van der Waals surface area contributed by atoms with Crippen molar-refractivity contribution >= 4 is 83.8 Å². The molecular formula is C58H62ClF3N6O10S3. The lowest BCUT2D eigenvalue weighted by Gasteiger charge is -2.36. The fraction of sp³-hybridized carbons (Fsp3) is 0.328. The average molecular weight is 1190 g/mol. The number of carbonyl (C=O) groups excluding carboxylic acids is 2. The van der Waals surface area contributed by atoms with Gasteiger partial charge in [0.05, 0.1) is 29.2 Å². The summed E-state index contributed by atoms with van der Waals surface area (Å²) < 4.78 is 98.0. The zero-order valence-corrected chi connectivity index (χ0v) is 47.3. The van der Waals surface area contributed by atoms with Crippen LogP contribution in [0.4, 0.5) is 35.9 Å². The number of carboxylic acids is 1. The first kappa shape index (κ1) is 60.4. The predicted octanol–water partition coefficient (Wildman–Crippen LogP) is 9.81. The SMILES string of the molecule is CN(CCO)CCC(CSc1ccccc1)Nc1ccc(S(=O)(=O)NC(=O)c2ccc(N3CCC(C(O)c4cc(C(=O)Nc5ccc(N6CCC(C(=O)O)CC6)cc5)ccc4-c4ccc(Cl)cc4)CC3)cc2)cc1S(=O)(=O)C(F)(F)F. The number of likely N-dealkylation sites (N-methyl/N-ethyl adjacent to an activating group) is 1. The van der Waals surface area contributed by atoms with Crippen molar-refractivity contribution in [1.29, 1.82) is 0 Å². The molecule has 2 amide bonds. The van der Waals surface area contributed by atoms with Crippen LogP contribution in [0, 0.1) is 11.8 Å². The number of rotatable bonds is 22. The summed E-state index contributed by atoms with van der Waals surface area (Å²) in [5.74, 6) is -2.60. The van der Waals surface area contributed by atoms with Gasteiger partial charge in [0.25, 0.3) is 31.7 Å². The number of carbonyl (C=O) groups is 3. The molecular weight excluding hydrogens is 1130 g/mol. The summed E-state index contributed by atoms with van der Waals surface area (Å²) in [6.07, 6.45) is 1.47. The van der Waals surface area contributed by atoms with Crippen LogP contribution in [-0.4, -0.2) is 125 Å². The number of benzene rings is 6. The number of alkyl halides is 3. The number of nitrogens with zero attached hydrogens (tertiary/aromatic N) is 3. The predicted molar refractivity (Wildman–Crippen MR) is 308 cm³/mol. The van der Waals surface area contributed by atoms with Gasteiger partial charge in [-0.2, -0.15) is 13.2 Å². The Bertz CT molecular complexity index is 3390. The number of aliphatic hydroxyl groups is 2. The quantitative estimate of drug-likeness (QED) is 0.0348. The van der Waals surface area contributed by atoms with Crippen molar-refractivity contribution in [3.8, 4) is 11.1 Å². The highest BCUT2D eigenvalue weighted by Crippen LogP contribution is 2.40. The van der Waals surface area contributed by atoms with Crippen molar-refractivity contribution in [1.82, 2.24) is 9.62 Å². The Morgan fingerprint density at radius 2 is 1.36 bits per heavy atom. The highest BCUT2D eigenvalue weighted by Gasteiger charge is 2.48. The van der Waals surface area contributed by atoms with E-state index in [9.17, 15) is 59.7 Å². The van der Waals surface area contributed by atoms with Crippen LogP contribution >= 0.6 is 23.4 Å². The molecule has 6 aromatic rings. The second-order valence-electron chi connectivity index (χ2n) is 20.0. The van der Waals surface area contributed by atoms with Gasteiger partial charge in [-0.3, -0.25) is 14.4 Å². The first-order valence-electron chi connectivity index (χ1n) is 26.2. The number of halogens is 4. The van der Waals surface area contributed by atoms with Gasteiger partial charge in [0.1, 0.15) is 4.90 Å². The minimum absolute atomic E-state index is 0.107. The van der Waals surface area contributed by atoms with E-state index in [1.54, 1.807) is 66.5 Å². The number of carboxylic acid groups (broad SMARTS) is 1. The Morgan fingerprint density at radius 3 is 1.96 bits per heavy atom. The molecule has 430 valence electrons. The third kappa shape index (κ3) is 15.3. The first-order valence-corrected chi connectivity index (χ1v) is 30.5. The third-order valence-corrected chi connectivity index (χ3v) is 18.9. The molecule has 6 N–H and O–H groups in total. The van der Waals surface area contributed by atoms with Gasteiger partial charge in [-0.25, -0.2) is 21.6 Å². The molecule has 0 aliphatic carbocycles. The largest absolute Gasteiger partial charge is 0.501 e. The Balaban J connectivity index is 0.923. The summed E-state index contributed by atoms with van der Waals surface area (Å²) in [5, 5.41) is 37.3. The molecule has 16 nitrogen and oxygen atoms in total. The number of sulfone groups is 1. The molecule has 2 heterocycles. The van der Waals surface area contributed by atoms with Crippen LogP contribution < -0.4 is 25.2 Å². The van der Waals surface area contributed by atoms with E-state index in [2.05, 4.69) is 15.5 Å². The molecule has 2 aliphatic rings. The number of hydrogen-bond donors (Lipinski definition) is 6. The molecule has 0 aromatic heterocycles. The second kappa shape index (κ2) is 26.5. The summed E-state index contributed by atoms with van der Waals surface area (Å²) in [4.78, 5) is 43.2. The fourth-order valence-electron chi connectivity index (χ4n) is 9.90. The van der Waals surface area contributed by atoms with Crippen molar-refractivity contribution in [3.63, 3.8) is 0 Å². The summed E-state index contributed by atoms with van der Waals surface area (Å²) in [5.41, 5.74) is -1.84. The number of aliphatic hydroxyl groups excluding tert-OH is 2. The molecule has 2 fully saturated rings. The number of thioether (sulfide) groups is 1. The summed E-state index contributed by atoms with van der Waals surface area (Å²) in [7, 11) is -9.34. The van der Waals surface area contributed by atoms with Gasteiger partial charge in [0.15, 0.2) is 0 Å². The van der Waals surface area contributed by atoms with Gasteiger partial charge in [0.2, 0.25) is 0 Å². The molecule has 23 heteroatoms. The Kier molecular flexibility index (Phi) is 19.8. The van der Waals surface area contributed by atoms with Crippen LogP contribution in [-0.2, 0) is 24.7 Å². The smallest absolute Gasteiger partial charge is 0.481 e. The van der Waals surface area contributed by atoms with Gasteiger partial charge in [0, 0.05) is 82.6 Å². The normalized spacial score (nSPS) is 15.5. The van der Waals surface area contributed by atoms with Crippen LogP contribution in [0.3, 0.4) is 0 Å². The molecule has 81 heavy (non-hydrogen) atoms. The number of sulfonamides is 1. The Labute approximate surface area is 478 Å². The standard InChI is InChI=1S/C58H62ClF3N6O10S3/c1-66(33-34-69)28-27-45(37-79-48-5-3-2-4-6-48)63-52-22-20-49(36-53(52)80(75,76)58(60,61)62)81(77,78)65-56(72)40-9-16-46(17-10-40)67-29-23-39(24-30-67)54(70)51-35-42(11-21-50(51)38-7-12-43(59)13-8-38)55(71)64-44-14-18-47(19-15-44)68-31-25-41(26-32-68)57(73)74/h2-22,35-36,39,41,45,54,63,69-70H,23-34,37H2,1H3,(H,64,71)(H,65,72)(H,73,74). The summed E-state index contributed by atoms with van der Waals surface area (Å²) >= 11 is 7.61. The van der Waals surface area contributed by atoms with Gasteiger partial charge < -0.3 is 40.7 Å².